The lowest BCUT2D eigenvalue weighted by Gasteiger charge is -2.43. The standard InChI is InChI=1S/C24H33O3P/c1-19-13-7-10-16-22(19,4)25-28(26-23(5)17-11-8-14-20(23)2)27-24(6)18-12-9-15-21(24)3/h7-21H,1-6H3. The quantitative estimate of drug-likeness (QED) is 0.458. The van der Waals surface area contributed by atoms with Crippen LogP contribution in [0.5, 0.6) is 0 Å². The Balaban J connectivity index is 1.86. The Hall–Kier alpha value is -1.25. The highest BCUT2D eigenvalue weighted by atomic mass is 31.2. The monoisotopic (exact) mass is 400 g/mol. The number of allylic oxidation sites excluding steroid dienone is 6. The van der Waals surface area contributed by atoms with Gasteiger partial charge in [-0.3, -0.25) is 0 Å². The highest BCUT2D eigenvalue weighted by Gasteiger charge is 2.43. The van der Waals surface area contributed by atoms with Crippen LogP contribution in [0.1, 0.15) is 41.5 Å². The van der Waals surface area contributed by atoms with Crippen molar-refractivity contribution >= 4 is 8.60 Å². The summed E-state index contributed by atoms with van der Waals surface area (Å²) in [6.07, 6.45) is 25.1. The molecular formula is C24H33O3P. The first-order chi connectivity index (χ1) is 13.2. The summed E-state index contributed by atoms with van der Waals surface area (Å²) in [5, 5.41) is 0. The first-order valence-electron chi connectivity index (χ1n) is 10.1. The molecule has 0 N–H and O–H groups in total. The lowest BCUT2D eigenvalue weighted by Crippen LogP contribution is -2.40. The topological polar surface area (TPSA) is 27.7 Å². The zero-order valence-electron chi connectivity index (χ0n) is 17.8. The van der Waals surface area contributed by atoms with Crippen molar-refractivity contribution in [3.63, 3.8) is 0 Å². The van der Waals surface area contributed by atoms with Gasteiger partial charge in [-0.15, -0.1) is 0 Å². The van der Waals surface area contributed by atoms with Crippen molar-refractivity contribution < 1.29 is 13.6 Å². The average molecular weight is 400 g/mol. The fourth-order valence-electron chi connectivity index (χ4n) is 3.34. The Morgan fingerprint density at radius 1 is 0.536 bits per heavy atom. The second-order valence-corrected chi connectivity index (χ2v) is 9.64. The average Bonchev–Trinajstić information content (AvgIpc) is 2.63. The Morgan fingerprint density at radius 2 is 0.821 bits per heavy atom. The molecule has 0 saturated carbocycles. The lowest BCUT2D eigenvalue weighted by molar-refractivity contribution is -0.0181. The van der Waals surface area contributed by atoms with Crippen molar-refractivity contribution in [3.05, 3.63) is 72.9 Å². The molecule has 3 rings (SSSR count). The van der Waals surface area contributed by atoms with Crippen LogP contribution in [-0.4, -0.2) is 16.8 Å². The van der Waals surface area contributed by atoms with Gasteiger partial charge >= 0.3 is 8.60 Å². The number of hydrogen-bond acceptors (Lipinski definition) is 3. The molecule has 0 bridgehead atoms. The Morgan fingerprint density at radius 3 is 1.07 bits per heavy atom. The molecule has 6 atom stereocenters. The zero-order valence-corrected chi connectivity index (χ0v) is 18.7. The first kappa shape index (κ1) is 21.5. The van der Waals surface area contributed by atoms with Gasteiger partial charge in [0, 0.05) is 17.8 Å². The van der Waals surface area contributed by atoms with Crippen molar-refractivity contribution in [3.8, 4) is 0 Å². The SMILES string of the molecule is CC1C=CC=CC1(C)OP(OC1(C)C=CC=CC1C)OC1(C)C=CC=CC1C. The van der Waals surface area contributed by atoms with Gasteiger partial charge in [-0.25, -0.2) is 0 Å². The van der Waals surface area contributed by atoms with Crippen molar-refractivity contribution in [2.45, 2.75) is 58.3 Å². The molecule has 0 spiro atoms. The van der Waals surface area contributed by atoms with Crippen LogP contribution in [0.4, 0.5) is 0 Å². The molecule has 3 aliphatic rings. The van der Waals surface area contributed by atoms with Crippen LogP contribution in [-0.2, 0) is 13.6 Å². The normalized spacial score (nSPS) is 42.9. The molecule has 0 amide bonds. The maximum absolute atomic E-state index is 6.59. The maximum Gasteiger partial charge on any atom is 0.335 e. The van der Waals surface area contributed by atoms with E-state index >= 15 is 0 Å². The van der Waals surface area contributed by atoms with E-state index in [0.717, 1.165) is 0 Å². The molecule has 4 heteroatoms. The van der Waals surface area contributed by atoms with Crippen LogP contribution in [0, 0.1) is 17.8 Å². The highest BCUT2D eigenvalue weighted by molar-refractivity contribution is 7.41. The summed E-state index contributed by atoms with van der Waals surface area (Å²) in [6, 6.07) is 0. The minimum Gasteiger partial charge on any atom is -0.301 e. The van der Waals surface area contributed by atoms with Crippen LogP contribution < -0.4 is 0 Å². The van der Waals surface area contributed by atoms with Gasteiger partial charge in [0.1, 0.15) is 0 Å². The van der Waals surface area contributed by atoms with Gasteiger partial charge in [0.2, 0.25) is 0 Å². The van der Waals surface area contributed by atoms with Crippen LogP contribution in [0.2, 0.25) is 0 Å². The molecule has 3 aliphatic carbocycles. The Labute approximate surface area is 171 Å². The van der Waals surface area contributed by atoms with Crippen LogP contribution in [0.15, 0.2) is 72.9 Å². The van der Waals surface area contributed by atoms with E-state index in [1.54, 1.807) is 0 Å². The van der Waals surface area contributed by atoms with E-state index in [0.29, 0.717) is 0 Å². The van der Waals surface area contributed by atoms with Gasteiger partial charge in [0.25, 0.3) is 0 Å². The Bertz CT molecular complexity index is 649. The fraction of sp³-hybridized carbons (Fsp3) is 0.500. The summed E-state index contributed by atoms with van der Waals surface area (Å²) in [7, 11) is -1.61. The first-order valence-corrected chi connectivity index (χ1v) is 11.2. The zero-order chi connectivity index (χ0) is 20.4. The molecule has 0 aromatic carbocycles. The minimum absolute atomic E-state index is 0.230. The van der Waals surface area contributed by atoms with E-state index in [9.17, 15) is 0 Å². The van der Waals surface area contributed by atoms with E-state index in [1.807, 2.05) is 18.2 Å². The minimum atomic E-state index is -1.61. The second kappa shape index (κ2) is 8.24. The third-order valence-corrected chi connectivity index (χ3v) is 7.97. The van der Waals surface area contributed by atoms with Gasteiger partial charge in [-0.05, 0) is 20.8 Å². The molecule has 0 saturated heterocycles. The third-order valence-electron chi connectivity index (χ3n) is 6.34. The van der Waals surface area contributed by atoms with Crippen molar-refractivity contribution in [1.82, 2.24) is 0 Å². The van der Waals surface area contributed by atoms with Crippen molar-refractivity contribution in [2.24, 2.45) is 17.8 Å². The molecule has 28 heavy (non-hydrogen) atoms. The smallest absolute Gasteiger partial charge is 0.301 e. The van der Waals surface area contributed by atoms with Gasteiger partial charge in [-0.2, -0.15) is 0 Å². The molecule has 0 fully saturated rings. The van der Waals surface area contributed by atoms with Crippen molar-refractivity contribution in [2.75, 3.05) is 0 Å². The van der Waals surface area contributed by atoms with E-state index in [1.165, 1.54) is 0 Å². The largest absolute Gasteiger partial charge is 0.335 e. The predicted octanol–water partition coefficient (Wildman–Crippen LogP) is 6.83. The second-order valence-electron chi connectivity index (χ2n) is 8.65. The van der Waals surface area contributed by atoms with E-state index in [4.69, 9.17) is 13.6 Å². The van der Waals surface area contributed by atoms with Crippen LogP contribution >= 0.6 is 8.60 Å². The number of hydrogen-bond donors (Lipinski definition) is 0. The summed E-state index contributed by atoms with van der Waals surface area (Å²) in [6.45, 7) is 12.8. The molecule has 0 heterocycles. The molecule has 0 aromatic rings. The molecule has 152 valence electrons. The van der Waals surface area contributed by atoms with E-state index in [2.05, 4.69) is 96.2 Å². The molecule has 6 unspecified atom stereocenters. The van der Waals surface area contributed by atoms with Crippen LogP contribution in [0.25, 0.3) is 0 Å². The number of rotatable bonds is 6. The van der Waals surface area contributed by atoms with Crippen molar-refractivity contribution in [1.29, 1.82) is 0 Å². The fourth-order valence-corrected chi connectivity index (χ4v) is 5.10. The summed E-state index contributed by atoms with van der Waals surface area (Å²) in [5.41, 5.74) is -1.41. The summed E-state index contributed by atoms with van der Waals surface area (Å²) in [5.74, 6) is 0.691. The highest BCUT2D eigenvalue weighted by Crippen LogP contribution is 2.55. The molecular weight excluding hydrogens is 367 g/mol. The molecule has 0 aliphatic heterocycles. The molecule has 3 nitrogen and oxygen atoms in total. The summed E-state index contributed by atoms with van der Waals surface area (Å²) in [4.78, 5) is 0. The van der Waals surface area contributed by atoms with E-state index in [-0.39, 0.29) is 17.8 Å². The van der Waals surface area contributed by atoms with Gasteiger partial charge in [0.15, 0.2) is 0 Å². The summed E-state index contributed by atoms with van der Waals surface area (Å²) >= 11 is 0. The lowest BCUT2D eigenvalue weighted by atomic mass is 9.87. The van der Waals surface area contributed by atoms with Gasteiger partial charge in [0.05, 0.1) is 16.8 Å². The van der Waals surface area contributed by atoms with Gasteiger partial charge < -0.3 is 13.6 Å². The predicted molar refractivity (Wildman–Crippen MR) is 118 cm³/mol. The molecule has 0 aromatic heterocycles. The third kappa shape index (κ3) is 4.49. The molecule has 0 radical (unpaired) electrons. The van der Waals surface area contributed by atoms with E-state index < -0.39 is 25.4 Å². The van der Waals surface area contributed by atoms with Gasteiger partial charge in [-0.1, -0.05) is 93.7 Å². The van der Waals surface area contributed by atoms with Crippen LogP contribution in [0.3, 0.4) is 0 Å². The summed E-state index contributed by atoms with van der Waals surface area (Å²) < 4.78 is 19.8. The Kier molecular flexibility index (Phi) is 6.32. The maximum atomic E-state index is 6.59.